The summed E-state index contributed by atoms with van der Waals surface area (Å²) in [5.41, 5.74) is 4.31. The summed E-state index contributed by atoms with van der Waals surface area (Å²) >= 11 is 0. The number of aromatic nitrogens is 5. The predicted molar refractivity (Wildman–Crippen MR) is 120 cm³/mol. The number of nitrogens with one attached hydrogen (secondary N) is 1. The fourth-order valence-corrected chi connectivity index (χ4v) is 3.48. The van der Waals surface area contributed by atoms with Crippen LogP contribution in [0.4, 0.5) is 5.82 Å². The molecule has 0 atom stereocenters. The van der Waals surface area contributed by atoms with Gasteiger partial charge in [-0.15, -0.1) is 5.10 Å². The molecular weight excluding hydrogens is 404 g/mol. The highest BCUT2D eigenvalue weighted by Gasteiger charge is 2.16. The van der Waals surface area contributed by atoms with Crippen molar-refractivity contribution in [1.82, 2.24) is 24.6 Å². The van der Waals surface area contributed by atoms with Gasteiger partial charge in [-0.05, 0) is 29.8 Å². The average molecular weight is 422 g/mol. The zero-order valence-electron chi connectivity index (χ0n) is 16.9. The van der Waals surface area contributed by atoms with Crippen LogP contribution in [0, 0.1) is 0 Å². The van der Waals surface area contributed by atoms with Crippen molar-refractivity contribution in [3.05, 3.63) is 96.7 Å². The average Bonchev–Trinajstić information content (AvgIpc) is 3.28. The number of carboxylic acid groups (broad SMARTS) is 1. The first-order valence-corrected chi connectivity index (χ1v) is 9.96. The number of carboxylic acids is 1. The molecule has 0 aliphatic heterocycles. The van der Waals surface area contributed by atoms with E-state index in [0.29, 0.717) is 23.8 Å². The van der Waals surface area contributed by atoms with Gasteiger partial charge < -0.3 is 10.4 Å². The van der Waals surface area contributed by atoms with Crippen LogP contribution in [0.15, 0.2) is 85.5 Å². The molecule has 8 heteroatoms. The lowest BCUT2D eigenvalue weighted by Gasteiger charge is -2.11. The van der Waals surface area contributed by atoms with Gasteiger partial charge in [0.1, 0.15) is 5.52 Å². The highest BCUT2D eigenvalue weighted by Crippen LogP contribution is 2.31. The first-order chi connectivity index (χ1) is 15.7. The third kappa shape index (κ3) is 3.77. The standard InChI is InChI=1S/C24H18N6O2/c31-24(32)18-12-17(13-25-14-18)22-28-23(27-15-19-8-4-5-10-26-19)21-20(9-11-30(21)29-22)16-6-2-1-3-7-16/h1-14H,15H2,(H,31,32)(H,27,28,29). The van der Waals surface area contributed by atoms with Crippen molar-refractivity contribution in [2.24, 2.45) is 0 Å². The minimum atomic E-state index is -1.05. The maximum absolute atomic E-state index is 11.4. The molecule has 156 valence electrons. The third-order valence-electron chi connectivity index (χ3n) is 5.00. The van der Waals surface area contributed by atoms with Gasteiger partial charge in [-0.25, -0.2) is 14.3 Å². The van der Waals surface area contributed by atoms with E-state index < -0.39 is 5.97 Å². The molecule has 1 aromatic carbocycles. The summed E-state index contributed by atoms with van der Waals surface area (Å²) in [6.45, 7) is 0.472. The fourth-order valence-electron chi connectivity index (χ4n) is 3.48. The van der Waals surface area contributed by atoms with Crippen molar-refractivity contribution in [3.8, 4) is 22.5 Å². The minimum absolute atomic E-state index is 0.0756. The Morgan fingerprint density at radius 1 is 1.00 bits per heavy atom. The molecule has 0 saturated carbocycles. The number of aromatic carboxylic acids is 1. The second-order valence-electron chi connectivity index (χ2n) is 7.11. The van der Waals surface area contributed by atoms with Gasteiger partial charge in [0, 0.05) is 35.9 Å². The first-order valence-electron chi connectivity index (χ1n) is 9.96. The molecule has 0 fully saturated rings. The number of hydrogen-bond acceptors (Lipinski definition) is 6. The van der Waals surface area contributed by atoms with Gasteiger partial charge in [0.15, 0.2) is 11.6 Å². The Hall–Kier alpha value is -4.59. The van der Waals surface area contributed by atoms with Crippen molar-refractivity contribution in [3.63, 3.8) is 0 Å². The fraction of sp³-hybridized carbons (Fsp3) is 0.0417. The molecule has 32 heavy (non-hydrogen) atoms. The number of carbonyl (C=O) groups is 1. The lowest BCUT2D eigenvalue weighted by atomic mass is 10.1. The van der Waals surface area contributed by atoms with Gasteiger partial charge in [-0.3, -0.25) is 9.97 Å². The number of nitrogens with zero attached hydrogens (tertiary/aromatic N) is 5. The van der Waals surface area contributed by atoms with E-state index in [1.54, 1.807) is 16.9 Å². The van der Waals surface area contributed by atoms with E-state index in [0.717, 1.165) is 22.3 Å². The molecule has 0 amide bonds. The molecule has 4 aromatic heterocycles. The quantitative estimate of drug-likeness (QED) is 0.423. The Bertz CT molecular complexity index is 1400. The van der Waals surface area contributed by atoms with E-state index >= 15 is 0 Å². The highest BCUT2D eigenvalue weighted by atomic mass is 16.4. The van der Waals surface area contributed by atoms with Crippen molar-refractivity contribution in [2.75, 3.05) is 5.32 Å². The van der Waals surface area contributed by atoms with Crippen LogP contribution in [-0.4, -0.2) is 35.6 Å². The van der Waals surface area contributed by atoms with Gasteiger partial charge in [-0.2, -0.15) is 0 Å². The van der Waals surface area contributed by atoms with Gasteiger partial charge in [0.2, 0.25) is 0 Å². The van der Waals surface area contributed by atoms with E-state index in [2.05, 4.69) is 20.4 Å². The molecule has 0 radical (unpaired) electrons. The summed E-state index contributed by atoms with van der Waals surface area (Å²) in [7, 11) is 0. The molecule has 0 aliphatic carbocycles. The molecule has 0 spiro atoms. The van der Waals surface area contributed by atoms with E-state index in [9.17, 15) is 9.90 Å². The second kappa shape index (κ2) is 8.27. The van der Waals surface area contributed by atoms with E-state index in [-0.39, 0.29) is 5.56 Å². The van der Waals surface area contributed by atoms with Crippen molar-refractivity contribution in [1.29, 1.82) is 0 Å². The minimum Gasteiger partial charge on any atom is -0.478 e. The number of fused-ring (bicyclic) bond motifs is 1. The summed E-state index contributed by atoms with van der Waals surface area (Å²) in [4.78, 5) is 24.5. The lowest BCUT2D eigenvalue weighted by Crippen LogP contribution is -2.08. The van der Waals surface area contributed by atoms with Crippen LogP contribution in [0.25, 0.3) is 28.0 Å². The van der Waals surface area contributed by atoms with Crippen LogP contribution in [-0.2, 0) is 6.54 Å². The topological polar surface area (TPSA) is 105 Å². The summed E-state index contributed by atoms with van der Waals surface area (Å²) < 4.78 is 1.75. The molecule has 0 bridgehead atoms. The summed E-state index contributed by atoms with van der Waals surface area (Å²) in [5, 5.41) is 17.3. The summed E-state index contributed by atoms with van der Waals surface area (Å²) in [6, 6.07) is 19.2. The van der Waals surface area contributed by atoms with Gasteiger partial charge >= 0.3 is 5.97 Å². The Kier molecular flexibility index (Phi) is 5.01. The van der Waals surface area contributed by atoms with E-state index in [4.69, 9.17) is 4.98 Å². The Morgan fingerprint density at radius 3 is 2.62 bits per heavy atom. The van der Waals surface area contributed by atoms with Gasteiger partial charge in [-0.1, -0.05) is 36.4 Å². The molecule has 8 nitrogen and oxygen atoms in total. The van der Waals surface area contributed by atoms with Crippen molar-refractivity contribution in [2.45, 2.75) is 6.54 Å². The van der Waals surface area contributed by atoms with Gasteiger partial charge in [0.05, 0.1) is 17.8 Å². The van der Waals surface area contributed by atoms with Crippen LogP contribution in [0.3, 0.4) is 0 Å². The number of anilines is 1. The molecule has 5 rings (SSSR count). The Labute approximate surface area is 183 Å². The monoisotopic (exact) mass is 422 g/mol. The maximum Gasteiger partial charge on any atom is 0.337 e. The summed E-state index contributed by atoms with van der Waals surface area (Å²) in [5.74, 6) is -0.0710. The first kappa shape index (κ1) is 19.4. The molecular formula is C24H18N6O2. The molecule has 4 heterocycles. The Balaban J connectivity index is 1.64. The molecule has 0 unspecified atom stereocenters. The SMILES string of the molecule is O=C(O)c1cncc(-c2nc(NCc3ccccn3)c3c(-c4ccccc4)ccn3n2)c1. The second-order valence-corrected chi connectivity index (χ2v) is 7.11. The number of rotatable bonds is 6. The lowest BCUT2D eigenvalue weighted by molar-refractivity contribution is 0.0696. The Morgan fingerprint density at radius 2 is 1.84 bits per heavy atom. The molecule has 2 N–H and O–H groups in total. The van der Waals surface area contributed by atoms with Crippen LogP contribution in [0.1, 0.15) is 16.1 Å². The van der Waals surface area contributed by atoms with Crippen LogP contribution < -0.4 is 5.32 Å². The zero-order valence-corrected chi connectivity index (χ0v) is 16.9. The molecule has 5 aromatic rings. The smallest absolute Gasteiger partial charge is 0.337 e. The van der Waals surface area contributed by atoms with Crippen LogP contribution >= 0.6 is 0 Å². The number of benzene rings is 1. The summed E-state index contributed by atoms with van der Waals surface area (Å²) in [6.07, 6.45) is 6.46. The highest BCUT2D eigenvalue weighted by molar-refractivity contribution is 5.90. The third-order valence-corrected chi connectivity index (χ3v) is 5.00. The normalized spacial score (nSPS) is 10.9. The van der Waals surface area contributed by atoms with Crippen molar-refractivity contribution >= 4 is 17.3 Å². The largest absolute Gasteiger partial charge is 0.478 e. The molecule has 0 aliphatic rings. The number of hydrogen-bond donors (Lipinski definition) is 2. The van der Waals surface area contributed by atoms with Crippen molar-refractivity contribution < 1.29 is 9.90 Å². The number of pyridine rings is 2. The zero-order chi connectivity index (χ0) is 21.9. The van der Waals surface area contributed by atoms with Crippen LogP contribution in [0.5, 0.6) is 0 Å². The van der Waals surface area contributed by atoms with Gasteiger partial charge in [0.25, 0.3) is 0 Å². The predicted octanol–water partition coefficient (Wildman–Crippen LogP) is 4.16. The van der Waals surface area contributed by atoms with E-state index in [1.165, 1.54) is 12.3 Å². The van der Waals surface area contributed by atoms with E-state index in [1.807, 2.05) is 60.8 Å². The van der Waals surface area contributed by atoms with Crippen LogP contribution in [0.2, 0.25) is 0 Å². The maximum atomic E-state index is 11.4. The molecule has 0 saturated heterocycles.